The van der Waals surface area contributed by atoms with Gasteiger partial charge in [-0.3, -0.25) is 4.79 Å². The van der Waals surface area contributed by atoms with Crippen molar-refractivity contribution in [1.29, 1.82) is 0 Å². The van der Waals surface area contributed by atoms with E-state index < -0.39 is 5.82 Å². The fraction of sp³-hybridized carbons (Fsp3) is 0.167. The molecule has 5 nitrogen and oxygen atoms in total. The first kappa shape index (κ1) is 15.9. The first-order valence-electron chi connectivity index (χ1n) is 7.55. The van der Waals surface area contributed by atoms with Crippen LogP contribution in [0.5, 0.6) is 0 Å². The van der Waals surface area contributed by atoms with Crippen molar-refractivity contribution in [2.24, 2.45) is 0 Å². The third kappa shape index (κ3) is 3.84. The molecule has 0 aliphatic carbocycles. The zero-order chi connectivity index (χ0) is 16.9. The summed E-state index contributed by atoms with van der Waals surface area (Å²) in [7, 11) is 0. The molecule has 1 aromatic heterocycles. The average molecular weight is 325 g/mol. The van der Waals surface area contributed by atoms with Gasteiger partial charge in [0.1, 0.15) is 5.82 Å². The van der Waals surface area contributed by atoms with Crippen molar-refractivity contribution in [1.82, 2.24) is 15.5 Å². The Balaban J connectivity index is 1.57. The first-order valence-corrected chi connectivity index (χ1v) is 7.55. The molecule has 0 saturated carbocycles. The van der Waals surface area contributed by atoms with Crippen molar-refractivity contribution >= 4 is 5.91 Å². The van der Waals surface area contributed by atoms with Crippen LogP contribution in [0.25, 0.3) is 11.4 Å². The van der Waals surface area contributed by atoms with Gasteiger partial charge in [-0.1, -0.05) is 35.0 Å². The lowest BCUT2D eigenvalue weighted by Crippen LogP contribution is -2.25. The molecule has 1 amide bonds. The lowest BCUT2D eigenvalue weighted by Gasteiger charge is -2.03. The molecule has 1 N–H and O–H groups in total. The van der Waals surface area contributed by atoms with E-state index in [-0.39, 0.29) is 11.5 Å². The highest BCUT2D eigenvalue weighted by Crippen LogP contribution is 2.17. The van der Waals surface area contributed by atoms with E-state index in [0.29, 0.717) is 24.7 Å². The van der Waals surface area contributed by atoms with E-state index in [9.17, 15) is 9.18 Å². The van der Waals surface area contributed by atoms with Crippen LogP contribution in [0.4, 0.5) is 4.39 Å². The molecule has 122 valence electrons. The molecule has 0 fully saturated rings. The summed E-state index contributed by atoms with van der Waals surface area (Å²) >= 11 is 0. The Bertz CT molecular complexity index is 861. The van der Waals surface area contributed by atoms with Gasteiger partial charge in [0.05, 0.1) is 0 Å². The maximum atomic E-state index is 13.1. The summed E-state index contributed by atoms with van der Waals surface area (Å²) in [6.45, 7) is 2.32. The number of aromatic nitrogens is 2. The van der Waals surface area contributed by atoms with Crippen LogP contribution < -0.4 is 5.32 Å². The topological polar surface area (TPSA) is 68.0 Å². The Labute approximate surface area is 138 Å². The van der Waals surface area contributed by atoms with E-state index in [0.717, 1.165) is 11.1 Å². The van der Waals surface area contributed by atoms with Crippen LogP contribution in [-0.2, 0) is 6.42 Å². The molecule has 3 aromatic rings. The number of nitrogens with one attached hydrogen (secondary N) is 1. The number of hydrogen-bond acceptors (Lipinski definition) is 4. The Hall–Kier alpha value is -3.02. The van der Waals surface area contributed by atoms with Gasteiger partial charge in [-0.2, -0.15) is 4.98 Å². The molecule has 0 bridgehead atoms. The van der Waals surface area contributed by atoms with Crippen molar-refractivity contribution in [3.8, 4) is 11.4 Å². The van der Waals surface area contributed by atoms with Gasteiger partial charge >= 0.3 is 0 Å². The average Bonchev–Trinajstić information content (AvgIpc) is 3.04. The highest BCUT2D eigenvalue weighted by atomic mass is 19.1. The number of benzene rings is 2. The fourth-order valence-electron chi connectivity index (χ4n) is 2.27. The van der Waals surface area contributed by atoms with Crippen molar-refractivity contribution in [3.63, 3.8) is 0 Å². The highest BCUT2D eigenvalue weighted by molar-refractivity contribution is 5.94. The Kier molecular flexibility index (Phi) is 4.65. The Morgan fingerprint density at radius 1 is 1.21 bits per heavy atom. The second-order valence-electron chi connectivity index (χ2n) is 5.40. The highest BCUT2D eigenvalue weighted by Gasteiger charge is 2.10. The number of halogens is 1. The summed E-state index contributed by atoms with van der Waals surface area (Å²) in [4.78, 5) is 16.2. The summed E-state index contributed by atoms with van der Waals surface area (Å²) in [5, 5.41) is 6.65. The molecule has 1 heterocycles. The quantitative estimate of drug-likeness (QED) is 0.782. The molecule has 0 aliphatic heterocycles. The van der Waals surface area contributed by atoms with Gasteiger partial charge in [-0.05, 0) is 31.2 Å². The second kappa shape index (κ2) is 7.04. The molecule has 3 rings (SSSR count). The molecule has 0 aliphatic rings. The van der Waals surface area contributed by atoms with Gasteiger partial charge in [-0.25, -0.2) is 4.39 Å². The molecule has 24 heavy (non-hydrogen) atoms. The van der Waals surface area contributed by atoms with E-state index >= 15 is 0 Å². The summed E-state index contributed by atoms with van der Waals surface area (Å²) in [5.41, 5.74) is 2.27. The van der Waals surface area contributed by atoms with Crippen LogP contribution >= 0.6 is 0 Å². The summed E-state index contributed by atoms with van der Waals surface area (Å²) in [6, 6.07) is 13.3. The Morgan fingerprint density at radius 3 is 2.83 bits per heavy atom. The smallest absolute Gasteiger partial charge is 0.251 e. The maximum absolute atomic E-state index is 13.1. The molecule has 0 radical (unpaired) electrons. The van der Waals surface area contributed by atoms with Gasteiger partial charge in [0.25, 0.3) is 5.91 Å². The van der Waals surface area contributed by atoms with E-state index in [2.05, 4.69) is 15.5 Å². The molecule has 0 spiro atoms. The van der Waals surface area contributed by atoms with Gasteiger partial charge < -0.3 is 9.84 Å². The first-order chi connectivity index (χ1) is 11.6. The van der Waals surface area contributed by atoms with Crippen LogP contribution in [0.15, 0.2) is 53.1 Å². The number of amides is 1. The number of aryl methyl sites for hydroxylation is 1. The third-order valence-corrected chi connectivity index (χ3v) is 3.46. The van der Waals surface area contributed by atoms with Crippen molar-refractivity contribution in [2.45, 2.75) is 13.3 Å². The normalized spacial score (nSPS) is 10.6. The van der Waals surface area contributed by atoms with Crippen LogP contribution in [0, 0.1) is 12.7 Å². The van der Waals surface area contributed by atoms with Crippen molar-refractivity contribution < 1.29 is 13.7 Å². The summed E-state index contributed by atoms with van der Waals surface area (Å²) in [6.07, 6.45) is 0.403. The third-order valence-electron chi connectivity index (χ3n) is 3.46. The lowest BCUT2D eigenvalue weighted by atomic mass is 10.1. The number of rotatable bonds is 5. The van der Waals surface area contributed by atoms with Crippen molar-refractivity contribution in [3.05, 3.63) is 71.4 Å². The van der Waals surface area contributed by atoms with Crippen molar-refractivity contribution in [2.75, 3.05) is 6.54 Å². The predicted molar refractivity (Wildman–Crippen MR) is 86.9 cm³/mol. The number of carbonyl (C=O) groups excluding carboxylic acids is 1. The van der Waals surface area contributed by atoms with E-state index in [1.165, 1.54) is 18.2 Å². The number of carbonyl (C=O) groups is 1. The number of hydrogen-bond donors (Lipinski definition) is 1. The largest absolute Gasteiger partial charge is 0.352 e. The van der Waals surface area contributed by atoms with E-state index in [1.54, 1.807) is 6.07 Å². The van der Waals surface area contributed by atoms with Crippen LogP contribution in [0.3, 0.4) is 0 Å². The zero-order valence-corrected chi connectivity index (χ0v) is 13.1. The summed E-state index contributed by atoms with van der Waals surface area (Å²) in [5.74, 6) is 0.173. The fourth-order valence-corrected chi connectivity index (χ4v) is 2.27. The van der Waals surface area contributed by atoms with Gasteiger partial charge in [0.2, 0.25) is 11.7 Å². The molecular formula is C18H16FN3O2. The molecule has 0 unspecified atom stereocenters. The summed E-state index contributed by atoms with van der Waals surface area (Å²) < 4.78 is 18.3. The Morgan fingerprint density at radius 2 is 2.04 bits per heavy atom. The van der Waals surface area contributed by atoms with E-state index in [1.807, 2.05) is 31.2 Å². The molecule has 0 atom stereocenters. The lowest BCUT2D eigenvalue weighted by molar-refractivity contribution is 0.0953. The standard InChI is InChI=1S/C18H16FN3O2/c1-12-4-2-5-13(10-12)17-21-16(24-22-17)8-9-20-18(23)14-6-3-7-15(19)11-14/h2-7,10-11H,8-9H2,1H3,(H,20,23). The van der Waals surface area contributed by atoms with Crippen LogP contribution in [0.2, 0.25) is 0 Å². The maximum Gasteiger partial charge on any atom is 0.251 e. The van der Waals surface area contributed by atoms with Crippen LogP contribution in [-0.4, -0.2) is 22.6 Å². The minimum absolute atomic E-state index is 0.279. The monoisotopic (exact) mass is 325 g/mol. The second-order valence-corrected chi connectivity index (χ2v) is 5.40. The van der Waals surface area contributed by atoms with Gasteiger partial charge in [0, 0.05) is 24.1 Å². The minimum Gasteiger partial charge on any atom is -0.352 e. The van der Waals surface area contributed by atoms with Crippen LogP contribution in [0.1, 0.15) is 21.8 Å². The van der Waals surface area contributed by atoms with E-state index in [4.69, 9.17) is 4.52 Å². The molecule has 2 aromatic carbocycles. The minimum atomic E-state index is -0.442. The number of nitrogens with zero attached hydrogens (tertiary/aromatic N) is 2. The molecular weight excluding hydrogens is 309 g/mol. The zero-order valence-electron chi connectivity index (χ0n) is 13.1. The molecule has 0 saturated heterocycles. The van der Waals surface area contributed by atoms with Gasteiger partial charge in [-0.15, -0.1) is 0 Å². The molecule has 6 heteroatoms. The predicted octanol–water partition coefficient (Wildman–Crippen LogP) is 3.16. The SMILES string of the molecule is Cc1cccc(-c2noc(CCNC(=O)c3cccc(F)c3)n2)c1. The van der Waals surface area contributed by atoms with Gasteiger partial charge in [0.15, 0.2) is 0 Å².